The number of rotatable bonds is 4. The second-order valence-electron chi connectivity index (χ2n) is 8.21. The van der Waals surface area contributed by atoms with Crippen LogP contribution in [-0.2, 0) is 0 Å². The fraction of sp³-hybridized carbons (Fsp3) is 0.500. The molecule has 0 heterocycles. The van der Waals surface area contributed by atoms with Gasteiger partial charge >= 0.3 is 0 Å². The fourth-order valence-electron chi connectivity index (χ4n) is 4.15. The molecule has 0 spiro atoms. The van der Waals surface area contributed by atoms with Crippen molar-refractivity contribution in [2.75, 3.05) is 10.6 Å². The number of hydrogen-bond donors (Lipinski definition) is 2. The Kier molecular flexibility index (Phi) is 9.44. The standard InChI is InChI=1S/2C12H15BrFN/c2*13-11-8-9(14)6-7-12(11)15-10-4-2-1-3-5-10/h2*6-8,10,15H,1-5H2. The Balaban J connectivity index is 0.000000171. The molecule has 2 fully saturated rings. The minimum atomic E-state index is -0.198. The SMILES string of the molecule is Fc1ccc(NC2CCCCC2)c(Br)c1.Fc1ccc(NC2CCCCC2)c(Br)c1. The lowest BCUT2D eigenvalue weighted by Crippen LogP contribution is -2.22. The van der Waals surface area contributed by atoms with Crippen molar-refractivity contribution in [1.82, 2.24) is 0 Å². The molecular formula is C24H30Br2F2N2. The molecule has 2 saturated carbocycles. The van der Waals surface area contributed by atoms with Gasteiger partial charge in [-0.05, 0) is 93.9 Å². The third-order valence-electron chi connectivity index (χ3n) is 5.79. The van der Waals surface area contributed by atoms with E-state index in [-0.39, 0.29) is 11.6 Å². The summed E-state index contributed by atoms with van der Waals surface area (Å²) in [6, 6.07) is 10.7. The molecule has 0 aromatic heterocycles. The van der Waals surface area contributed by atoms with E-state index >= 15 is 0 Å². The van der Waals surface area contributed by atoms with Crippen molar-refractivity contribution in [3.05, 3.63) is 57.0 Å². The quantitative estimate of drug-likeness (QED) is 0.403. The lowest BCUT2D eigenvalue weighted by molar-refractivity contribution is 0.462. The predicted octanol–water partition coefficient (Wildman–Crippen LogP) is 8.67. The van der Waals surface area contributed by atoms with Gasteiger partial charge in [-0.2, -0.15) is 0 Å². The summed E-state index contributed by atoms with van der Waals surface area (Å²) < 4.78 is 27.4. The van der Waals surface area contributed by atoms with E-state index in [0.717, 1.165) is 20.3 Å². The van der Waals surface area contributed by atoms with E-state index in [9.17, 15) is 8.78 Å². The molecular weight excluding hydrogens is 514 g/mol. The van der Waals surface area contributed by atoms with Gasteiger partial charge in [0, 0.05) is 32.4 Å². The Morgan fingerprint density at radius 2 is 0.967 bits per heavy atom. The molecule has 2 N–H and O–H groups in total. The van der Waals surface area contributed by atoms with Crippen LogP contribution in [0.1, 0.15) is 64.2 Å². The second kappa shape index (κ2) is 12.0. The van der Waals surface area contributed by atoms with E-state index in [1.807, 2.05) is 0 Å². The summed E-state index contributed by atoms with van der Waals surface area (Å²) in [5.74, 6) is -0.396. The first-order chi connectivity index (χ1) is 14.5. The molecule has 0 unspecified atom stereocenters. The van der Waals surface area contributed by atoms with E-state index in [4.69, 9.17) is 0 Å². The number of hydrogen-bond acceptors (Lipinski definition) is 2. The molecule has 2 aromatic rings. The summed E-state index contributed by atoms with van der Waals surface area (Å²) in [5.41, 5.74) is 2.01. The van der Waals surface area contributed by atoms with Crippen molar-refractivity contribution in [2.24, 2.45) is 0 Å². The molecule has 0 bridgehead atoms. The Morgan fingerprint density at radius 1 is 0.600 bits per heavy atom. The van der Waals surface area contributed by atoms with Gasteiger partial charge < -0.3 is 10.6 Å². The monoisotopic (exact) mass is 542 g/mol. The molecule has 2 aliphatic carbocycles. The highest BCUT2D eigenvalue weighted by molar-refractivity contribution is 9.11. The second-order valence-corrected chi connectivity index (χ2v) is 9.92. The number of anilines is 2. The van der Waals surface area contributed by atoms with Gasteiger partial charge in [0.25, 0.3) is 0 Å². The molecule has 2 aromatic carbocycles. The van der Waals surface area contributed by atoms with Crippen LogP contribution >= 0.6 is 31.9 Å². The predicted molar refractivity (Wildman–Crippen MR) is 129 cm³/mol. The minimum absolute atomic E-state index is 0.198. The van der Waals surface area contributed by atoms with Gasteiger partial charge in [0.1, 0.15) is 11.6 Å². The zero-order valence-corrected chi connectivity index (χ0v) is 20.4. The largest absolute Gasteiger partial charge is 0.381 e. The molecule has 4 rings (SSSR count). The zero-order valence-electron chi connectivity index (χ0n) is 17.2. The van der Waals surface area contributed by atoms with Crippen molar-refractivity contribution in [3.8, 4) is 0 Å². The first kappa shape index (κ1) is 23.5. The molecule has 2 aliphatic rings. The van der Waals surface area contributed by atoms with Crippen molar-refractivity contribution in [2.45, 2.75) is 76.3 Å². The van der Waals surface area contributed by atoms with Gasteiger partial charge in [-0.25, -0.2) is 8.78 Å². The Bertz CT molecular complexity index is 736. The van der Waals surface area contributed by atoms with E-state index in [2.05, 4.69) is 42.5 Å². The third-order valence-corrected chi connectivity index (χ3v) is 7.10. The highest BCUT2D eigenvalue weighted by atomic mass is 79.9. The molecule has 0 aliphatic heterocycles. The normalized spacial score (nSPS) is 17.7. The van der Waals surface area contributed by atoms with Gasteiger partial charge in [-0.1, -0.05) is 38.5 Å². The van der Waals surface area contributed by atoms with Crippen LogP contribution in [0.3, 0.4) is 0 Å². The zero-order chi connectivity index (χ0) is 21.3. The van der Waals surface area contributed by atoms with E-state index in [1.54, 1.807) is 12.1 Å². The third kappa shape index (κ3) is 7.52. The first-order valence-corrected chi connectivity index (χ1v) is 12.5. The summed E-state index contributed by atoms with van der Waals surface area (Å²) >= 11 is 6.74. The van der Waals surface area contributed by atoms with Crippen molar-refractivity contribution in [1.29, 1.82) is 0 Å². The van der Waals surface area contributed by atoms with Gasteiger partial charge in [-0.3, -0.25) is 0 Å². The highest BCUT2D eigenvalue weighted by Crippen LogP contribution is 2.28. The molecule has 6 heteroatoms. The van der Waals surface area contributed by atoms with Crippen LogP contribution in [0.5, 0.6) is 0 Å². The van der Waals surface area contributed by atoms with Gasteiger partial charge in [0.15, 0.2) is 0 Å². The molecule has 30 heavy (non-hydrogen) atoms. The van der Waals surface area contributed by atoms with E-state index < -0.39 is 0 Å². The number of halogens is 4. The lowest BCUT2D eigenvalue weighted by atomic mass is 9.95. The van der Waals surface area contributed by atoms with Crippen LogP contribution in [0, 0.1) is 11.6 Å². The minimum Gasteiger partial charge on any atom is -0.381 e. The molecule has 2 nitrogen and oxygen atoms in total. The topological polar surface area (TPSA) is 24.1 Å². The lowest BCUT2D eigenvalue weighted by Gasteiger charge is -2.24. The van der Waals surface area contributed by atoms with Crippen LogP contribution in [0.15, 0.2) is 45.3 Å². The van der Waals surface area contributed by atoms with E-state index in [0.29, 0.717) is 12.1 Å². The Labute approximate surface area is 195 Å². The first-order valence-electron chi connectivity index (χ1n) is 10.9. The molecule has 0 amide bonds. The van der Waals surface area contributed by atoms with Crippen LogP contribution in [-0.4, -0.2) is 12.1 Å². The smallest absolute Gasteiger partial charge is 0.124 e. The maximum absolute atomic E-state index is 12.9. The van der Waals surface area contributed by atoms with Crippen LogP contribution in [0.2, 0.25) is 0 Å². The van der Waals surface area contributed by atoms with Crippen LogP contribution in [0.25, 0.3) is 0 Å². The van der Waals surface area contributed by atoms with Crippen LogP contribution in [0.4, 0.5) is 20.2 Å². The Hall–Kier alpha value is -1.14. The highest BCUT2D eigenvalue weighted by Gasteiger charge is 2.15. The molecule has 0 radical (unpaired) electrons. The Morgan fingerprint density at radius 3 is 1.30 bits per heavy atom. The van der Waals surface area contributed by atoms with Crippen molar-refractivity contribution in [3.63, 3.8) is 0 Å². The molecule has 0 atom stereocenters. The summed E-state index contributed by atoms with van der Waals surface area (Å²) in [5, 5.41) is 6.93. The average Bonchev–Trinajstić information content (AvgIpc) is 2.74. The summed E-state index contributed by atoms with van der Waals surface area (Å²) in [6.45, 7) is 0. The van der Waals surface area contributed by atoms with Crippen molar-refractivity contribution >= 4 is 43.2 Å². The van der Waals surface area contributed by atoms with E-state index in [1.165, 1.54) is 88.5 Å². The van der Waals surface area contributed by atoms with Crippen molar-refractivity contribution < 1.29 is 8.78 Å². The summed E-state index contributed by atoms with van der Waals surface area (Å²) in [7, 11) is 0. The van der Waals surface area contributed by atoms with Gasteiger partial charge in [0.05, 0.1) is 0 Å². The number of nitrogens with one attached hydrogen (secondary N) is 2. The maximum atomic E-state index is 12.9. The molecule has 164 valence electrons. The summed E-state index contributed by atoms with van der Waals surface area (Å²) in [6.07, 6.45) is 12.8. The molecule has 0 saturated heterocycles. The average molecular weight is 544 g/mol. The fourth-order valence-corrected chi connectivity index (χ4v) is 5.08. The van der Waals surface area contributed by atoms with Gasteiger partial charge in [-0.15, -0.1) is 0 Å². The number of benzene rings is 2. The van der Waals surface area contributed by atoms with Crippen LogP contribution < -0.4 is 10.6 Å². The van der Waals surface area contributed by atoms with Gasteiger partial charge in [0.2, 0.25) is 0 Å². The maximum Gasteiger partial charge on any atom is 0.124 e. The summed E-state index contributed by atoms with van der Waals surface area (Å²) in [4.78, 5) is 0.